The molecule has 0 bridgehead atoms. The highest BCUT2D eigenvalue weighted by atomic mass is 16.4. The van der Waals surface area contributed by atoms with Crippen LogP contribution in [0.2, 0.25) is 0 Å². The van der Waals surface area contributed by atoms with E-state index in [-0.39, 0.29) is 6.03 Å². The predicted molar refractivity (Wildman–Crippen MR) is 67.0 cm³/mol. The largest absolute Gasteiger partial charge is 0.480 e. The van der Waals surface area contributed by atoms with Crippen LogP contribution in [0.3, 0.4) is 0 Å². The van der Waals surface area contributed by atoms with Crippen molar-refractivity contribution < 1.29 is 14.7 Å². The zero-order valence-electron chi connectivity index (χ0n) is 10.8. The van der Waals surface area contributed by atoms with Crippen molar-refractivity contribution in [3.8, 4) is 0 Å². The fraction of sp³-hybridized carbons (Fsp3) is 0.833. The van der Waals surface area contributed by atoms with Crippen LogP contribution < -0.4 is 10.6 Å². The number of carbonyl (C=O) groups is 2. The summed E-state index contributed by atoms with van der Waals surface area (Å²) < 4.78 is 0. The fourth-order valence-electron chi connectivity index (χ4n) is 1.51. The van der Waals surface area contributed by atoms with Crippen molar-refractivity contribution in [2.75, 3.05) is 6.54 Å². The molecule has 0 spiro atoms. The van der Waals surface area contributed by atoms with Crippen molar-refractivity contribution in [2.45, 2.75) is 58.4 Å². The molecule has 0 aromatic carbocycles. The second-order valence-electron chi connectivity index (χ2n) is 4.14. The van der Waals surface area contributed by atoms with E-state index in [1.165, 1.54) is 0 Å². The molecule has 0 heterocycles. The molecule has 0 aromatic heterocycles. The SMILES string of the molecule is CCCCCCNC(=O)N[C@H](CCC)C(=O)O. The predicted octanol–water partition coefficient (Wildman–Crippen LogP) is 2.12. The molecule has 1 atom stereocenters. The lowest BCUT2D eigenvalue weighted by molar-refractivity contribution is -0.139. The van der Waals surface area contributed by atoms with Crippen LogP contribution >= 0.6 is 0 Å². The van der Waals surface area contributed by atoms with Crippen molar-refractivity contribution in [1.82, 2.24) is 10.6 Å². The molecule has 5 heteroatoms. The highest BCUT2D eigenvalue weighted by molar-refractivity contribution is 5.82. The van der Waals surface area contributed by atoms with E-state index in [0.717, 1.165) is 32.1 Å². The standard InChI is InChI=1S/C12H24N2O3/c1-3-5-6-7-9-13-12(17)14-10(8-4-2)11(15)16/h10H,3-9H2,1-2H3,(H,15,16)(H2,13,14,17)/t10-/m1/s1. The molecule has 0 saturated heterocycles. The van der Waals surface area contributed by atoms with Gasteiger partial charge in [-0.25, -0.2) is 9.59 Å². The molecule has 0 radical (unpaired) electrons. The average molecular weight is 244 g/mol. The summed E-state index contributed by atoms with van der Waals surface area (Å²) >= 11 is 0. The van der Waals surface area contributed by atoms with E-state index in [1.807, 2.05) is 6.92 Å². The maximum Gasteiger partial charge on any atom is 0.326 e. The van der Waals surface area contributed by atoms with Gasteiger partial charge in [-0.15, -0.1) is 0 Å². The van der Waals surface area contributed by atoms with Crippen LogP contribution in [0.1, 0.15) is 52.4 Å². The summed E-state index contributed by atoms with van der Waals surface area (Å²) in [5.74, 6) is -0.979. The molecule has 0 aliphatic rings. The number of amides is 2. The molecule has 0 fully saturated rings. The number of hydrogen-bond donors (Lipinski definition) is 3. The van der Waals surface area contributed by atoms with Crippen molar-refractivity contribution in [1.29, 1.82) is 0 Å². The maximum absolute atomic E-state index is 11.4. The Hall–Kier alpha value is -1.26. The van der Waals surface area contributed by atoms with Crippen LogP contribution in [-0.4, -0.2) is 29.7 Å². The van der Waals surface area contributed by atoms with Crippen LogP contribution in [0.25, 0.3) is 0 Å². The molecule has 0 unspecified atom stereocenters. The lowest BCUT2D eigenvalue weighted by Crippen LogP contribution is -2.46. The third-order valence-corrected chi connectivity index (χ3v) is 2.50. The third kappa shape index (κ3) is 8.54. The zero-order chi connectivity index (χ0) is 13.1. The van der Waals surface area contributed by atoms with Crippen molar-refractivity contribution >= 4 is 12.0 Å². The summed E-state index contributed by atoms with van der Waals surface area (Å²) in [5.41, 5.74) is 0. The summed E-state index contributed by atoms with van der Waals surface area (Å²) in [6, 6.07) is -1.17. The molecule has 0 rings (SSSR count). The molecule has 0 aromatic rings. The Morgan fingerprint density at radius 2 is 1.82 bits per heavy atom. The minimum Gasteiger partial charge on any atom is -0.480 e. The first kappa shape index (κ1) is 15.7. The molecule has 3 N–H and O–H groups in total. The molecule has 5 nitrogen and oxygen atoms in total. The number of carboxylic acid groups (broad SMARTS) is 1. The Balaban J connectivity index is 3.71. The first-order chi connectivity index (χ1) is 8.11. The van der Waals surface area contributed by atoms with Crippen molar-refractivity contribution in [2.24, 2.45) is 0 Å². The van der Waals surface area contributed by atoms with Crippen LogP contribution in [0.5, 0.6) is 0 Å². The number of aliphatic carboxylic acids is 1. The van der Waals surface area contributed by atoms with Crippen molar-refractivity contribution in [3.05, 3.63) is 0 Å². The molecule has 0 aliphatic carbocycles. The summed E-state index contributed by atoms with van der Waals surface area (Å²) in [5, 5.41) is 14.0. The molecule has 2 amide bonds. The Morgan fingerprint density at radius 1 is 1.12 bits per heavy atom. The molecular weight excluding hydrogens is 220 g/mol. The van der Waals surface area contributed by atoms with E-state index in [9.17, 15) is 9.59 Å². The minimum absolute atomic E-state index is 0.387. The van der Waals surface area contributed by atoms with Crippen LogP contribution in [0, 0.1) is 0 Å². The summed E-state index contributed by atoms with van der Waals surface area (Å²) in [6.45, 7) is 4.62. The number of unbranched alkanes of at least 4 members (excludes halogenated alkanes) is 3. The quantitative estimate of drug-likeness (QED) is 0.544. The number of carboxylic acids is 1. The second-order valence-corrected chi connectivity index (χ2v) is 4.14. The summed E-state index contributed by atoms with van der Waals surface area (Å²) in [4.78, 5) is 22.2. The van der Waals surface area contributed by atoms with Gasteiger partial charge in [0.15, 0.2) is 0 Å². The van der Waals surface area contributed by atoms with E-state index >= 15 is 0 Å². The van der Waals surface area contributed by atoms with E-state index < -0.39 is 12.0 Å². The van der Waals surface area contributed by atoms with E-state index in [0.29, 0.717) is 13.0 Å². The maximum atomic E-state index is 11.4. The lowest BCUT2D eigenvalue weighted by atomic mass is 10.2. The second kappa shape index (κ2) is 9.93. The Bertz CT molecular complexity index is 232. The average Bonchev–Trinajstić information content (AvgIpc) is 2.28. The summed E-state index contributed by atoms with van der Waals surface area (Å²) in [6.07, 6.45) is 5.54. The first-order valence-corrected chi connectivity index (χ1v) is 6.39. The molecular formula is C12H24N2O3. The molecule has 100 valence electrons. The number of carbonyl (C=O) groups excluding carboxylic acids is 1. The lowest BCUT2D eigenvalue weighted by Gasteiger charge is -2.14. The highest BCUT2D eigenvalue weighted by Crippen LogP contribution is 1.98. The van der Waals surface area contributed by atoms with Gasteiger partial charge in [-0.3, -0.25) is 0 Å². The van der Waals surface area contributed by atoms with Crippen LogP contribution in [-0.2, 0) is 4.79 Å². The van der Waals surface area contributed by atoms with E-state index in [2.05, 4.69) is 17.6 Å². The third-order valence-electron chi connectivity index (χ3n) is 2.50. The Kier molecular flexibility index (Phi) is 9.19. The zero-order valence-corrected chi connectivity index (χ0v) is 10.8. The molecule has 0 aliphatic heterocycles. The topological polar surface area (TPSA) is 78.4 Å². The number of nitrogens with one attached hydrogen (secondary N) is 2. The van der Waals surface area contributed by atoms with Gasteiger partial charge in [0.1, 0.15) is 6.04 Å². The van der Waals surface area contributed by atoms with Crippen LogP contribution in [0.15, 0.2) is 0 Å². The molecule has 17 heavy (non-hydrogen) atoms. The van der Waals surface area contributed by atoms with Gasteiger partial charge in [-0.2, -0.15) is 0 Å². The first-order valence-electron chi connectivity index (χ1n) is 6.39. The highest BCUT2D eigenvalue weighted by Gasteiger charge is 2.17. The smallest absolute Gasteiger partial charge is 0.326 e. The normalized spacial score (nSPS) is 11.9. The van der Waals surface area contributed by atoms with Crippen LogP contribution in [0.4, 0.5) is 4.79 Å². The van der Waals surface area contributed by atoms with Gasteiger partial charge in [-0.05, 0) is 12.8 Å². The minimum atomic E-state index is -0.979. The van der Waals surface area contributed by atoms with Gasteiger partial charge in [0.05, 0.1) is 0 Å². The monoisotopic (exact) mass is 244 g/mol. The Labute approximate surface area is 103 Å². The number of hydrogen-bond acceptors (Lipinski definition) is 2. The van der Waals surface area contributed by atoms with E-state index in [4.69, 9.17) is 5.11 Å². The Morgan fingerprint density at radius 3 is 2.35 bits per heavy atom. The van der Waals surface area contributed by atoms with Gasteiger partial charge in [0, 0.05) is 6.54 Å². The van der Waals surface area contributed by atoms with Gasteiger partial charge in [-0.1, -0.05) is 39.5 Å². The molecule has 0 saturated carbocycles. The summed E-state index contributed by atoms with van der Waals surface area (Å²) in [7, 11) is 0. The van der Waals surface area contributed by atoms with Gasteiger partial charge in [0.25, 0.3) is 0 Å². The number of urea groups is 1. The van der Waals surface area contributed by atoms with Gasteiger partial charge in [0.2, 0.25) is 0 Å². The van der Waals surface area contributed by atoms with E-state index in [1.54, 1.807) is 0 Å². The van der Waals surface area contributed by atoms with Gasteiger partial charge < -0.3 is 15.7 Å². The van der Waals surface area contributed by atoms with Crippen molar-refractivity contribution in [3.63, 3.8) is 0 Å². The number of rotatable bonds is 9. The van der Waals surface area contributed by atoms with Gasteiger partial charge >= 0.3 is 12.0 Å². The fourth-order valence-corrected chi connectivity index (χ4v) is 1.51.